The monoisotopic (exact) mass is 243 g/mol. The molecule has 0 bridgehead atoms. The molecule has 0 saturated carbocycles. The van der Waals surface area contributed by atoms with Crippen molar-refractivity contribution in [1.82, 2.24) is 0 Å². The van der Waals surface area contributed by atoms with E-state index in [9.17, 15) is 4.79 Å². The molecule has 15 heavy (non-hydrogen) atoms. The maximum atomic E-state index is 11.7. The SMILES string of the molecule is CC(N=[N+]=[N-])C(=O)c1ccc(Cl)cc1Cl. The molecule has 1 unspecified atom stereocenters. The van der Waals surface area contributed by atoms with E-state index in [0.717, 1.165) is 0 Å². The topological polar surface area (TPSA) is 65.8 Å². The van der Waals surface area contributed by atoms with Gasteiger partial charge in [-0.1, -0.05) is 28.3 Å². The van der Waals surface area contributed by atoms with Gasteiger partial charge in [0.25, 0.3) is 0 Å². The number of carbonyl (C=O) groups is 1. The molecule has 0 radical (unpaired) electrons. The quantitative estimate of drug-likeness (QED) is 0.344. The van der Waals surface area contributed by atoms with Gasteiger partial charge in [-0.25, -0.2) is 0 Å². The minimum atomic E-state index is -0.770. The van der Waals surface area contributed by atoms with Gasteiger partial charge in [0, 0.05) is 15.5 Å². The fourth-order valence-corrected chi connectivity index (χ4v) is 1.55. The zero-order chi connectivity index (χ0) is 11.4. The summed E-state index contributed by atoms with van der Waals surface area (Å²) in [6.45, 7) is 1.51. The van der Waals surface area contributed by atoms with Gasteiger partial charge in [0.15, 0.2) is 5.78 Å². The number of azide groups is 1. The molecule has 0 fully saturated rings. The number of benzene rings is 1. The summed E-state index contributed by atoms with van der Waals surface area (Å²) in [6, 6.07) is 3.77. The number of carbonyl (C=O) groups excluding carboxylic acids is 1. The first-order valence-corrected chi connectivity index (χ1v) is 4.85. The first-order chi connectivity index (χ1) is 7.06. The van der Waals surface area contributed by atoms with Crippen LogP contribution in [0.3, 0.4) is 0 Å². The van der Waals surface area contributed by atoms with Crippen molar-refractivity contribution in [1.29, 1.82) is 0 Å². The maximum Gasteiger partial charge on any atom is 0.172 e. The Balaban J connectivity index is 3.06. The zero-order valence-corrected chi connectivity index (χ0v) is 9.33. The highest BCUT2D eigenvalue weighted by molar-refractivity contribution is 6.37. The van der Waals surface area contributed by atoms with Crippen molar-refractivity contribution in [3.8, 4) is 0 Å². The molecule has 0 amide bonds. The first kappa shape index (κ1) is 11.9. The number of hydrogen-bond acceptors (Lipinski definition) is 2. The molecule has 1 aromatic rings. The van der Waals surface area contributed by atoms with Crippen LogP contribution in [0.25, 0.3) is 10.4 Å². The molecule has 78 valence electrons. The van der Waals surface area contributed by atoms with E-state index >= 15 is 0 Å². The van der Waals surface area contributed by atoms with Gasteiger partial charge in [-0.05, 0) is 30.7 Å². The number of halogens is 2. The Hall–Kier alpha value is -1.22. The first-order valence-electron chi connectivity index (χ1n) is 4.09. The largest absolute Gasteiger partial charge is 0.294 e. The zero-order valence-electron chi connectivity index (χ0n) is 7.82. The molecule has 0 aliphatic rings. The van der Waals surface area contributed by atoms with Crippen molar-refractivity contribution in [2.24, 2.45) is 5.11 Å². The van der Waals surface area contributed by atoms with Crippen LogP contribution in [-0.2, 0) is 0 Å². The van der Waals surface area contributed by atoms with Crippen LogP contribution in [0, 0.1) is 0 Å². The predicted molar refractivity (Wildman–Crippen MR) is 59.4 cm³/mol. The summed E-state index contributed by atoms with van der Waals surface area (Å²) in [5, 5.41) is 4.01. The highest BCUT2D eigenvalue weighted by atomic mass is 35.5. The molecule has 0 aliphatic heterocycles. The number of Topliss-reactive ketones (excluding diaryl/α,β-unsaturated/α-hetero) is 1. The summed E-state index contributed by atoms with van der Waals surface area (Å²) >= 11 is 11.5. The van der Waals surface area contributed by atoms with Crippen molar-refractivity contribution in [3.05, 3.63) is 44.3 Å². The minimum Gasteiger partial charge on any atom is -0.294 e. The third kappa shape index (κ3) is 2.86. The second kappa shape index (κ2) is 5.03. The van der Waals surface area contributed by atoms with Crippen LogP contribution in [0.4, 0.5) is 0 Å². The molecular weight excluding hydrogens is 237 g/mol. The highest BCUT2D eigenvalue weighted by Crippen LogP contribution is 2.22. The van der Waals surface area contributed by atoms with Crippen LogP contribution in [-0.4, -0.2) is 11.8 Å². The Morgan fingerprint density at radius 3 is 2.73 bits per heavy atom. The third-order valence-corrected chi connectivity index (χ3v) is 2.35. The van der Waals surface area contributed by atoms with E-state index in [0.29, 0.717) is 10.6 Å². The van der Waals surface area contributed by atoms with Crippen molar-refractivity contribution >= 4 is 29.0 Å². The smallest absolute Gasteiger partial charge is 0.172 e. The molecule has 0 N–H and O–H groups in total. The van der Waals surface area contributed by atoms with Gasteiger partial charge >= 0.3 is 0 Å². The number of ketones is 1. The van der Waals surface area contributed by atoms with Gasteiger partial charge in [0.1, 0.15) is 0 Å². The minimum absolute atomic E-state index is 0.257. The van der Waals surface area contributed by atoms with E-state index < -0.39 is 6.04 Å². The van der Waals surface area contributed by atoms with E-state index in [-0.39, 0.29) is 10.8 Å². The van der Waals surface area contributed by atoms with E-state index in [2.05, 4.69) is 10.0 Å². The van der Waals surface area contributed by atoms with Gasteiger partial charge in [-0.2, -0.15) is 0 Å². The van der Waals surface area contributed by atoms with Gasteiger partial charge in [-0.3, -0.25) is 4.79 Å². The molecule has 0 saturated heterocycles. The molecular formula is C9H7Cl2N3O. The molecule has 1 atom stereocenters. The lowest BCUT2D eigenvalue weighted by molar-refractivity contribution is 0.0968. The average molecular weight is 244 g/mol. The maximum absolute atomic E-state index is 11.7. The van der Waals surface area contributed by atoms with E-state index in [1.165, 1.54) is 19.1 Å². The predicted octanol–water partition coefficient (Wildman–Crippen LogP) is 3.87. The van der Waals surface area contributed by atoms with Gasteiger partial charge in [0.05, 0.1) is 11.1 Å². The van der Waals surface area contributed by atoms with Crippen LogP contribution >= 0.6 is 23.2 Å². The molecule has 0 aromatic heterocycles. The summed E-state index contributed by atoms with van der Waals surface area (Å²) in [4.78, 5) is 14.2. The fraction of sp³-hybridized carbons (Fsp3) is 0.222. The van der Waals surface area contributed by atoms with Crippen molar-refractivity contribution in [2.75, 3.05) is 0 Å². The van der Waals surface area contributed by atoms with Crippen LogP contribution in [0.5, 0.6) is 0 Å². The molecule has 0 spiro atoms. The Morgan fingerprint density at radius 1 is 1.53 bits per heavy atom. The third-order valence-electron chi connectivity index (χ3n) is 1.80. The van der Waals surface area contributed by atoms with Crippen molar-refractivity contribution < 1.29 is 4.79 Å². The standard InChI is InChI=1S/C9H7Cl2N3O/c1-5(13-14-12)9(15)7-3-2-6(10)4-8(7)11/h2-5H,1H3. The molecule has 1 aromatic carbocycles. The number of nitrogens with zero attached hydrogens (tertiary/aromatic N) is 3. The van der Waals surface area contributed by atoms with Crippen LogP contribution in [0.15, 0.2) is 23.3 Å². The van der Waals surface area contributed by atoms with E-state index in [1.807, 2.05) is 0 Å². The van der Waals surface area contributed by atoms with Gasteiger partial charge in [0.2, 0.25) is 0 Å². The van der Waals surface area contributed by atoms with Crippen LogP contribution < -0.4 is 0 Å². The normalized spacial score (nSPS) is 11.7. The number of hydrogen-bond donors (Lipinski definition) is 0. The van der Waals surface area contributed by atoms with Crippen LogP contribution in [0.1, 0.15) is 17.3 Å². The Bertz CT molecular complexity index is 441. The summed E-state index contributed by atoms with van der Waals surface area (Å²) in [5.41, 5.74) is 8.50. The summed E-state index contributed by atoms with van der Waals surface area (Å²) in [6.07, 6.45) is 0. The molecule has 6 heteroatoms. The molecule has 1 rings (SSSR count). The summed E-state index contributed by atoms with van der Waals surface area (Å²) in [5.74, 6) is -0.325. The summed E-state index contributed by atoms with van der Waals surface area (Å²) in [7, 11) is 0. The molecule has 4 nitrogen and oxygen atoms in total. The Morgan fingerprint density at radius 2 is 2.20 bits per heavy atom. The van der Waals surface area contributed by atoms with Crippen molar-refractivity contribution in [3.63, 3.8) is 0 Å². The second-order valence-corrected chi connectivity index (χ2v) is 3.71. The van der Waals surface area contributed by atoms with Gasteiger partial charge < -0.3 is 0 Å². The lowest BCUT2D eigenvalue weighted by Gasteiger charge is -2.05. The van der Waals surface area contributed by atoms with Crippen LogP contribution in [0.2, 0.25) is 10.0 Å². The highest BCUT2D eigenvalue weighted by Gasteiger charge is 2.16. The number of rotatable bonds is 3. The lowest BCUT2D eigenvalue weighted by atomic mass is 10.1. The molecule has 0 aliphatic carbocycles. The van der Waals surface area contributed by atoms with Crippen molar-refractivity contribution in [2.45, 2.75) is 13.0 Å². The Kier molecular flexibility index (Phi) is 3.97. The Labute approximate surface area is 96.4 Å². The summed E-state index contributed by atoms with van der Waals surface area (Å²) < 4.78 is 0. The van der Waals surface area contributed by atoms with Gasteiger partial charge in [-0.15, -0.1) is 0 Å². The second-order valence-electron chi connectivity index (χ2n) is 2.87. The van der Waals surface area contributed by atoms with E-state index in [1.54, 1.807) is 6.07 Å². The fourth-order valence-electron chi connectivity index (χ4n) is 1.04. The molecule has 0 heterocycles. The average Bonchev–Trinajstić information content (AvgIpc) is 2.17. The lowest BCUT2D eigenvalue weighted by Crippen LogP contribution is -2.14. The van der Waals surface area contributed by atoms with E-state index in [4.69, 9.17) is 28.7 Å².